The predicted molar refractivity (Wildman–Crippen MR) is 98.1 cm³/mol. The molecule has 3 rings (SSSR count). The lowest BCUT2D eigenvalue weighted by atomic mass is 9.72. The van der Waals surface area contributed by atoms with E-state index in [-0.39, 0.29) is 16.6 Å². The molecule has 0 bridgehead atoms. The molecule has 0 aliphatic heterocycles. The summed E-state index contributed by atoms with van der Waals surface area (Å²) in [6.07, 6.45) is 1.04. The third-order valence-electron chi connectivity index (χ3n) is 4.39. The van der Waals surface area contributed by atoms with Gasteiger partial charge in [-0.3, -0.25) is 0 Å². The maximum atomic E-state index is 10.6. The minimum absolute atomic E-state index is 0.00579. The number of fused-ring (bicyclic) bond motifs is 1. The van der Waals surface area contributed by atoms with Crippen molar-refractivity contribution >= 4 is 11.0 Å². The van der Waals surface area contributed by atoms with Crippen molar-refractivity contribution in [3.63, 3.8) is 0 Å². The number of phenolic OH excluding ortho intramolecular Hbond substituents is 1. The number of benzene rings is 2. The number of para-hydroxylation sites is 1. The van der Waals surface area contributed by atoms with Crippen LogP contribution in [0, 0.1) is 5.41 Å². The lowest BCUT2D eigenvalue weighted by Gasteiger charge is -2.33. The summed E-state index contributed by atoms with van der Waals surface area (Å²) in [6, 6.07) is 11.8. The van der Waals surface area contributed by atoms with Gasteiger partial charge >= 0.3 is 0 Å². The normalized spacial score (nSPS) is 12.7. The molecule has 126 valence electrons. The van der Waals surface area contributed by atoms with E-state index in [4.69, 9.17) is 0 Å². The molecule has 4 heteroatoms. The molecule has 0 radical (unpaired) electrons. The van der Waals surface area contributed by atoms with Gasteiger partial charge in [0.25, 0.3) is 0 Å². The first-order valence-electron chi connectivity index (χ1n) is 8.31. The van der Waals surface area contributed by atoms with Crippen LogP contribution in [0.5, 0.6) is 5.75 Å². The Morgan fingerprint density at radius 3 is 2.38 bits per heavy atom. The molecule has 24 heavy (non-hydrogen) atoms. The second-order valence-corrected chi connectivity index (χ2v) is 8.35. The van der Waals surface area contributed by atoms with E-state index in [0.717, 1.165) is 34.1 Å². The molecule has 0 fully saturated rings. The fourth-order valence-corrected chi connectivity index (χ4v) is 3.69. The Morgan fingerprint density at radius 2 is 1.71 bits per heavy atom. The third kappa shape index (κ3) is 3.14. The fraction of sp³-hybridized carbons (Fsp3) is 0.400. The van der Waals surface area contributed by atoms with Crippen molar-refractivity contribution in [2.24, 2.45) is 5.41 Å². The van der Waals surface area contributed by atoms with Gasteiger partial charge < -0.3 is 5.11 Å². The molecule has 2 aromatic carbocycles. The van der Waals surface area contributed by atoms with E-state index in [1.165, 1.54) is 0 Å². The fourth-order valence-electron chi connectivity index (χ4n) is 3.69. The van der Waals surface area contributed by atoms with Crippen LogP contribution in [-0.2, 0) is 5.41 Å². The molecule has 1 aromatic heterocycles. The largest absolute Gasteiger partial charge is 0.507 e. The van der Waals surface area contributed by atoms with Gasteiger partial charge in [0.05, 0.1) is 0 Å². The molecule has 0 amide bonds. The molecule has 0 aliphatic rings. The molecule has 2 N–H and O–H groups in total. The zero-order valence-electron chi connectivity index (χ0n) is 15.0. The molecule has 4 nitrogen and oxygen atoms in total. The minimum atomic E-state index is -0.00579. The lowest BCUT2D eigenvalue weighted by molar-refractivity contribution is 0.283. The van der Waals surface area contributed by atoms with Crippen LogP contribution in [0.2, 0.25) is 0 Å². The second kappa shape index (κ2) is 5.62. The van der Waals surface area contributed by atoms with Gasteiger partial charge in [-0.2, -0.15) is 15.4 Å². The summed E-state index contributed by atoms with van der Waals surface area (Å²) >= 11 is 0. The van der Waals surface area contributed by atoms with E-state index >= 15 is 0 Å². The molecular weight excluding hydrogens is 298 g/mol. The van der Waals surface area contributed by atoms with E-state index in [9.17, 15) is 5.11 Å². The van der Waals surface area contributed by atoms with E-state index in [2.05, 4.69) is 56.1 Å². The lowest BCUT2D eigenvalue weighted by Crippen LogP contribution is -2.24. The smallest absolute Gasteiger partial charge is 0.123 e. The van der Waals surface area contributed by atoms with Gasteiger partial charge in [-0.25, -0.2) is 0 Å². The van der Waals surface area contributed by atoms with Crippen LogP contribution in [-0.4, -0.2) is 20.5 Å². The van der Waals surface area contributed by atoms with Gasteiger partial charge in [0, 0.05) is 11.1 Å². The molecular formula is C20H25N3O. The third-order valence-corrected chi connectivity index (χ3v) is 4.39. The van der Waals surface area contributed by atoms with Crippen LogP contribution in [0.3, 0.4) is 0 Å². The predicted octanol–water partition coefficient (Wildman–Crippen LogP) is 5.04. The van der Waals surface area contributed by atoms with Crippen molar-refractivity contribution in [2.45, 2.75) is 46.5 Å². The highest BCUT2D eigenvalue weighted by Gasteiger charge is 2.28. The Morgan fingerprint density at radius 1 is 0.958 bits per heavy atom. The van der Waals surface area contributed by atoms with Crippen LogP contribution in [0.25, 0.3) is 22.2 Å². The van der Waals surface area contributed by atoms with Crippen molar-refractivity contribution in [3.05, 3.63) is 42.0 Å². The maximum Gasteiger partial charge on any atom is 0.123 e. The SMILES string of the molecule is CC(C)(C)CC(C)(C)c1ccc(-c2cccc3n[nH]nc23)c(O)c1. The summed E-state index contributed by atoms with van der Waals surface area (Å²) < 4.78 is 0. The molecule has 0 aliphatic carbocycles. The molecule has 0 atom stereocenters. The van der Waals surface area contributed by atoms with Crippen LogP contribution in [0.1, 0.15) is 46.6 Å². The van der Waals surface area contributed by atoms with Crippen molar-refractivity contribution in [1.29, 1.82) is 0 Å². The molecule has 1 heterocycles. The summed E-state index contributed by atoms with van der Waals surface area (Å²) in [7, 11) is 0. The summed E-state index contributed by atoms with van der Waals surface area (Å²) in [4.78, 5) is 0. The Labute approximate surface area is 142 Å². The van der Waals surface area contributed by atoms with Crippen LogP contribution in [0.15, 0.2) is 36.4 Å². The zero-order valence-corrected chi connectivity index (χ0v) is 15.0. The van der Waals surface area contributed by atoms with Crippen molar-refractivity contribution in [2.75, 3.05) is 0 Å². The number of phenols is 1. The number of aromatic amines is 1. The molecule has 0 saturated carbocycles. The van der Waals surface area contributed by atoms with Crippen LogP contribution >= 0.6 is 0 Å². The van der Waals surface area contributed by atoms with Gasteiger partial charge in [0.15, 0.2) is 0 Å². The van der Waals surface area contributed by atoms with Crippen molar-refractivity contribution in [3.8, 4) is 16.9 Å². The monoisotopic (exact) mass is 323 g/mol. The maximum absolute atomic E-state index is 10.6. The first-order valence-corrected chi connectivity index (χ1v) is 8.31. The quantitative estimate of drug-likeness (QED) is 0.709. The van der Waals surface area contributed by atoms with E-state index in [0.29, 0.717) is 0 Å². The Bertz CT molecular complexity index is 872. The van der Waals surface area contributed by atoms with E-state index in [1.807, 2.05) is 30.3 Å². The summed E-state index contributed by atoms with van der Waals surface area (Å²) in [5.41, 5.74) is 4.60. The van der Waals surface area contributed by atoms with Crippen molar-refractivity contribution < 1.29 is 5.11 Å². The average molecular weight is 323 g/mol. The topological polar surface area (TPSA) is 61.8 Å². The average Bonchev–Trinajstić information content (AvgIpc) is 2.93. The standard InChI is InChI=1S/C20H25N3O/c1-19(2,3)12-20(4,5)13-9-10-14(17(24)11-13)15-7-6-8-16-18(15)22-23-21-16/h6-11,24H,12H2,1-5H3,(H,21,22,23). The van der Waals surface area contributed by atoms with E-state index in [1.54, 1.807) is 0 Å². The molecule has 0 spiro atoms. The molecule has 3 aromatic rings. The van der Waals surface area contributed by atoms with Gasteiger partial charge in [0.2, 0.25) is 0 Å². The number of rotatable bonds is 3. The van der Waals surface area contributed by atoms with Crippen molar-refractivity contribution in [1.82, 2.24) is 15.4 Å². The number of nitrogens with one attached hydrogen (secondary N) is 1. The first-order chi connectivity index (χ1) is 11.2. The number of hydrogen-bond donors (Lipinski definition) is 2. The summed E-state index contributed by atoms with van der Waals surface area (Å²) in [5.74, 6) is 0.282. The van der Waals surface area contributed by atoms with Gasteiger partial charge in [0.1, 0.15) is 16.8 Å². The van der Waals surface area contributed by atoms with Gasteiger partial charge in [-0.15, -0.1) is 0 Å². The van der Waals surface area contributed by atoms with Crippen LogP contribution < -0.4 is 0 Å². The highest BCUT2D eigenvalue weighted by atomic mass is 16.3. The Kier molecular flexibility index (Phi) is 3.86. The highest BCUT2D eigenvalue weighted by Crippen LogP contribution is 2.40. The Hall–Kier alpha value is -2.36. The van der Waals surface area contributed by atoms with Gasteiger partial charge in [-0.1, -0.05) is 58.9 Å². The zero-order chi connectivity index (χ0) is 17.5. The summed E-state index contributed by atoms with van der Waals surface area (Å²) in [5, 5.41) is 21.6. The first kappa shape index (κ1) is 16.5. The number of H-pyrrole nitrogens is 1. The Balaban J connectivity index is 2.03. The number of aromatic hydroxyl groups is 1. The number of hydrogen-bond acceptors (Lipinski definition) is 3. The molecule has 0 saturated heterocycles. The number of nitrogens with zero attached hydrogens (tertiary/aromatic N) is 2. The summed E-state index contributed by atoms with van der Waals surface area (Å²) in [6.45, 7) is 11.2. The minimum Gasteiger partial charge on any atom is -0.507 e. The van der Waals surface area contributed by atoms with Crippen LogP contribution in [0.4, 0.5) is 0 Å². The number of aromatic nitrogens is 3. The second-order valence-electron chi connectivity index (χ2n) is 8.35. The highest BCUT2D eigenvalue weighted by molar-refractivity contribution is 5.92. The van der Waals surface area contributed by atoms with Gasteiger partial charge in [-0.05, 0) is 34.9 Å². The van der Waals surface area contributed by atoms with E-state index < -0.39 is 0 Å². The molecule has 0 unspecified atom stereocenters.